The molecule has 0 heterocycles. The van der Waals surface area contributed by atoms with E-state index < -0.39 is 11.9 Å². The number of ether oxygens (including phenoxy) is 2. The second-order valence-electron chi connectivity index (χ2n) is 8.09. The minimum absolute atomic E-state index is 0.00759. The smallest absolute Gasteiger partial charge is 0.336 e. The molecule has 0 aromatic heterocycles. The first kappa shape index (κ1) is 26.9. The first-order valence-corrected chi connectivity index (χ1v) is 12.6. The number of aryl methyl sites for hydroxylation is 1. The number of allylic oxidation sites excluding steroid dienone is 1. The number of methoxy groups -OCH3 is 1. The molecule has 0 bridgehead atoms. The predicted molar refractivity (Wildman–Crippen MR) is 141 cm³/mol. The third kappa shape index (κ3) is 8.50. The Labute approximate surface area is 215 Å². The SMILES string of the molecule is COc1ccc(C=CCCCCOc2ccc(Sc3ccccc3C(=O)O)cc2CCC(=O)O)cc1. The standard InChI is InChI=1S/C29H30O6S/c1-34-23-14-11-21(12-15-23)8-4-2-3-7-19-35-26-17-16-24(20-22(26)13-18-28(30)31)36-27-10-6-5-9-25(27)29(32)33/h4-6,8-12,14-17,20H,2-3,7,13,18-19H2,1H3,(H,30,31)(H,32,33). The van der Waals surface area contributed by atoms with Crippen molar-refractivity contribution in [3.63, 3.8) is 0 Å². The van der Waals surface area contributed by atoms with Gasteiger partial charge in [-0.1, -0.05) is 48.2 Å². The molecule has 0 spiro atoms. The topological polar surface area (TPSA) is 93.1 Å². The molecule has 0 aliphatic rings. The van der Waals surface area contributed by atoms with E-state index in [0.717, 1.165) is 41.0 Å². The van der Waals surface area contributed by atoms with Crippen LogP contribution >= 0.6 is 11.8 Å². The van der Waals surface area contributed by atoms with Gasteiger partial charge in [0.1, 0.15) is 11.5 Å². The van der Waals surface area contributed by atoms with Crippen LogP contribution in [0.25, 0.3) is 6.08 Å². The van der Waals surface area contributed by atoms with Crippen molar-refractivity contribution >= 4 is 29.8 Å². The molecule has 188 valence electrons. The van der Waals surface area contributed by atoms with Gasteiger partial charge in [0.05, 0.1) is 19.3 Å². The summed E-state index contributed by atoms with van der Waals surface area (Å²) in [5, 5.41) is 18.6. The molecule has 0 aliphatic heterocycles. The van der Waals surface area contributed by atoms with Crippen LogP contribution in [0.4, 0.5) is 0 Å². The molecule has 3 rings (SSSR count). The molecule has 0 saturated carbocycles. The quantitative estimate of drug-likeness (QED) is 0.232. The third-order valence-corrected chi connectivity index (χ3v) is 6.50. The molecule has 0 unspecified atom stereocenters. The van der Waals surface area contributed by atoms with Gasteiger partial charge < -0.3 is 19.7 Å². The molecule has 0 atom stereocenters. The zero-order valence-corrected chi connectivity index (χ0v) is 21.0. The average Bonchev–Trinajstić information content (AvgIpc) is 2.88. The number of aromatic carboxylic acids is 1. The zero-order chi connectivity index (χ0) is 25.8. The summed E-state index contributed by atoms with van der Waals surface area (Å²) in [6, 6.07) is 20.3. The van der Waals surface area contributed by atoms with Gasteiger partial charge in [0.15, 0.2) is 0 Å². The molecule has 0 fully saturated rings. The Morgan fingerprint density at radius 1 is 0.972 bits per heavy atom. The van der Waals surface area contributed by atoms with E-state index in [2.05, 4.69) is 12.2 Å². The van der Waals surface area contributed by atoms with Gasteiger partial charge in [-0.15, -0.1) is 0 Å². The van der Waals surface area contributed by atoms with E-state index in [9.17, 15) is 14.7 Å². The van der Waals surface area contributed by atoms with E-state index >= 15 is 0 Å². The van der Waals surface area contributed by atoms with E-state index in [1.54, 1.807) is 31.4 Å². The van der Waals surface area contributed by atoms with Gasteiger partial charge in [-0.2, -0.15) is 0 Å². The van der Waals surface area contributed by atoms with Crippen LogP contribution in [0.5, 0.6) is 11.5 Å². The molecule has 7 heteroatoms. The van der Waals surface area contributed by atoms with Crippen LogP contribution in [0.3, 0.4) is 0 Å². The summed E-state index contributed by atoms with van der Waals surface area (Å²) in [7, 11) is 1.65. The van der Waals surface area contributed by atoms with Gasteiger partial charge in [-0.25, -0.2) is 4.79 Å². The summed E-state index contributed by atoms with van der Waals surface area (Å²) in [5.41, 5.74) is 2.16. The molecule has 0 saturated heterocycles. The number of aliphatic carboxylic acids is 1. The lowest BCUT2D eigenvalue weighted by atomic mass is 10.1. The summed E-state index contributed by atoms with van der Waals surface area (Å²) in [5.74, 6) is -0.355. The Bertz CT molecular complexity index is 1190. The van der Waals surface area contributed by atoms with Crippen LogP contribution in [0.2, 0.25) is 0 Å². The van der Waals surface area contributed by atoms with Crippen LogP contribution in [0, 0.1) is 0 Å². The van der Waals surface area contributed by atoms with E-state index in [1.165, 1.54) is 11.8 Å². The van der Waals surface area contributed by atoms with E-state index in [-0.39, 0.29) is 12.0 Å². The van der Waals surface area contributed by atoms with Crippen molar-refractivity contribution in [1.29, 1.82) is 0 Å². The number of unbranched alkanes of at least 4 members (excludes halogenated alkanes) is 2. The van der Waals surface area contributed by atoms with Crippen molar-refractivity contribution in [3.8, 4) is 11.5 Å². The molecule has 0 amide bonds. The van der Waals surface area contributed by atoms with Gasteiger partial charge in [-0.3, -0.25) is 4.79 Å². The van der Waals surface area contributed by atoms with Crippen molar-refractivity contribution in [3.05, 3.63) is 89.5 Å². The van der Waals surface area contributed by atoms with Crippen LogP contribution in [-0.4, -0.2) is 35.9 Å². The Morgan fingerprint density at radius 2 is 1.75 bits per heavy atom. The lowest BCUT2D eigenvalue weighted by Crippen LogP contribution is -2.03. The molecule has 3 aromatic rings. The van der Waals surface area contributed by atoms with Crippen LogP contribution in [0.15, 0.2) is 82.6 Å². The Kier molecular flexibility index (Phi) is 10.5. The number of rotatable bonds is 14. The molecule has 6 nitrogen and oxygen atoms in total. The number of carboxylic acids is 2. The Morgan fingerprint density at radius 3 is 2.47 bits per heavy atom. The maximum atomic E-state index is 11.5. The minimum Gasteiger partial charge on any atom is -0.497 e. The fraction of sp³-hybridized carbons (Fsp3) is 0.241. The van der Waals surface area contributed by atoms with Gasteiger partial charge in [0.25, 0.3) is 0 Å². The summed E-state index contributed by atoms with van der Waals surface area (Å²) < 4.78 is 11.2. The summed E-state index contributed by atoms with van der Waals surface area (Å²) in [6.07, 6.45) is 7.32. The third-order valence-electron chi connectivity index (χ3n) is 5.43. The number of hydrogen-bond acceptors (Lipinski definition) is 5. The predicted octanol–water partition coefficient (Wildman–Crippen LogP) is 6.82. The van der Waals surface area contributed by atoms with Crippen molar-refractivity contribution < 1.29 is 29.3 Å². The van der Waals surface area contributed by atoms with Crippen LogP contribution < -0.4 is 9.47 Å². The van der Waals surface area contributed by atoms with E-state index in [4.69, 9.17) is 14.6 Å². The fourth-order valence-electron chi connectivity index (χ4n) is 3.54. The maximum Gasteiger partial charge on any atom is 0.336 e. The van der Waals surface area contributed by atoms with Crippen molar-refractivity contribution in [2.45, 2.75) is 41.9 Å². The first-order chi connectivity index (χ1) is 17.5. The number of carbonyl (C=O) groups is 2. The summed E-state index contributed by atoms with van der Waals surface area (Å²) in [4.78, 5) is 24.1. The van der Waals surface area contributed by atoms with E-state index in [0.29, 0.717) is 23.7 Å². The summed E-state index contributed by atoms with van der Waals surface area (Å²) >= 11 is 1.34. The van der Waals surface area contributed by atoms with Crippen LogP contribution in [-0.2, 0) is 11.2 Å². The highest BCUT2D eigenvalue weighted by atomic mass is 32.2. The second kappa shape index (κ2) is 14.0. The van der Waals surface area contributed by atoms with E-state index in [1.807, 2.05) is 42.5 Å². The molecular formula is C29H30O6S. The van der Waals surface area contributed by atoms with Gasteiger partial charge >= 0.3 is 11.9 Å². The highest BCUT2D eigenvalue weighted by Crippen LogP contribution is 2.34. The highest BCUT2D eigenvalue weighted by Gasteiger charge is 2.13. The fourth-order valence-corrected chi connectivity index (χ4v) is 4.54. The largest absolute Gasteiger partial charge is 0.497 e. The normalized spacial score (nSPS) is 10.9. The number of hydrogen-bond donors (Lipinski definition) is 2. The highest BCUT2D eigenvalue weighted by molar-refractivity contribution is 7.99. The van der Waals surface area contributed by atoms with Crippen molar-refractivity contribution in [2.24, 2.45) is 0 Å². The summed E-state index contributed by atoms with van der Waals surface area (Å²) in [6.45, 7) is 0.533. The monoisotopic (exact) mass is 506 g/mol. The molecule has 0 aliphatic carbocycles. The zero-order valence-electron chi connectivity index (χ0n) is 20.2. The molecule has 0 radical (unpaired) electrons. The molecule has 36 heavy (non-hydrogen) atoms. The maximum absolute atomic E-state index is 11.5. The minimum atomic E-state index is -0.983. The average molecular weight is 507 g/mol. The molecular weight excluding hydrogens is 476 g/mol. The van der Waals surface area contributed by atoms with Crippen molar-refractivity contribution in [1.82, 2.24) is 0 Å². The lowest BCUT2D eigenvalue weighted by molar-refractivity contribution is -0.136. The second-order valence-corrected chi connectivity index (χ2v) is 9.20. The van der Waals surface area contributed by atoms with Crippen molar-refractivity contribution in [2.75, 3.05) is 13.7 Å². The molecule has 2 N–H and O–H groups in total. The molecule has 3 aromatic carbocycles. The lowest BCUT2D eigenvalue weighted by Gasteiger charge is -2.13. The van der Waals surface area contributed by atoms with Gasteiger partial charge in [0.2, 0.25) is 0 Å². The Balaban J connectivity index is 1.55. The van der Waals surface area contributed by atoms with Gasteiger partial charge in [-0.05, 0) is 79.3 Å². The Hall–Kier alpha value is -3.71. The van der Waals surface area contributed by atoms with Gasteiger partial charge in [0, 0.05) is 16.2 Å². The number of benzene rings is 3. The van der Waals surface area contributed by atoms with Crippen LogP contribution in [0.1, 0.15) is 47.2 Å². The first-order valence-electron chi connectivity index (χ1n) is 11.7. The number of carboxylic acid groups (broad SMARTS) is 2.